The highest BCUT2D eigenvalue weighted by molar-refractivity contribution is 5.92. The Morgan fingerprint density at radius 1 is 1.32 bits per heavy atom. The predicted molar refractivity (Wildman–Crippen MR) is 63.5 cm³/mol. The summed E-state index contributed by atoms with van der Waals surface area (Å²) in [4.78, 5) is 15.7. The number of nitrogens with zero attached hydrogens (tertiary/aromatic N) is 1. The maximum Gasteiger partial charge on any atom is 0.391 e. The molecule has 1 heterocycles. The van der Waals surface area contributed by atoms with Gasteiger partial charge in [-0.3, -0.25) is 9.78 Å². The zero-order valence-corrected chi connectivity index (χ0v) is 10.3. The molecule has 1 amide bonds. The smallest absolute Gasteiger partial charge is 0.348 e. The first-order chi connectivity index (χ1) is 8.97. The largest absolute Gasteiger partial charge is 0.391 e. The van der Waals surface area contributed by atoms with Gasteiger partial charge < -0.3 is 5.32 Å². The fourth-order valence-electron chi connectivity index (χ4n) is 2.37. The lowest BCUT2D eigenvalue weighted by molar-refractivity contribution is -0.183. The molecule has 0 saturated heterocycles. The molecule has 6 heteroatoms. The highest BCUT2D eigenvalue weighted by Crippen LogP contribution is 2.37. The summed E-state index contributed by atoms with van der Waals surface area (Å²) < 4.78 is 37.9. The van der Waals surface area contributed by atoms with Crippen molar-refractivity contribution in [3.63, 3.8) is 0 Å². The zero-order chi connectivity index (χ0) is 13.9. The summed E-state index contributed by atoms with van der Waals surface area (Å²) in [6.45, 7) is 0. The number of carbonyl (C=O) groups is 1. The second-order valence-electron chi connectivity index (χ2n) is 4.79. The normalized spacial score (nSPS) is 23.9. The Hall–Kier alpha value is -1.59. The van der Waals surface area contributed by atoms with Crippen molar-refractivity contribution >= 4 is 5.91 Å². The number of pyridine rings is 1. The number of hydrogen-bond donors (Lipinski definition) is 1. The maximum atomic E-state index is 12.6. The van der Waals surface area contributed by atoms with Gasteiger partial charge in [-0.05, 0) is 31.4 Å². The Balaban J connectivity index is 1.94. The number of amides is 1. The van der Waals surface area contributed by atoms with Crippen LogP contribution in [0.15, 0.2) is 24.4 Å². The Kier molecular flexibility index (Phi) is 4.07. The zero-order valence-electron chi connectivity index (χ0n) is 10.3. The first kappa shape index (κ1) is 13.8. The Bertz CT molecular complexity index is 433. The van der Waals surface area contributed by atoms with Crippen LogP contribution in [-0.2, 0) is 0 Å². The minimum atomic E-state index is -4.17. The highest BCUT2D eigenvalue weighted by Gasteiger charge is 2.42. The van der Waals surface area contributed by atoms with Gasteiger partial charge in [0, 0.05) is 12.2 Å². The molecule has 19 heavy (non-hydrogen) atoms. The van der Waals surface area contributed by atoms with E-state index in [4.69, 9.17) is 0 Å². The molecule has 0 aromatic carbocycles. The molecule has 0 aliphatic heterocycles. The van der Waals surface area contributed by atoms with Gasteiger partial charge in [0.1, 0.15) is 5.69 Å². The van der Waals surface area contributed by atoms with Crippen molar-refractivity contribution < 1.29 is 18.0 Å². The summed E-state index contributed by atoms with van der Waals surface area (Å²) in [7, 11) is 0. The van der Waals surface area contributed by atoms with E-state index in [1.165, 1.54) is 6.20 Å². The van der Waals surface area contributed by atoms with Crippen LogP contribution in [0.5, 0.6) is 0 Å². The molecule has 104 valence electrons. The van der Waals surface area contributed by atoms with Crippen LogP contribution in [0.3, 0.4) is 0 Å². The van der Waals surface area contributed by atoms with E-state index in [-0.39, 0.29) is 18.5 Å². The third-order valence-electron chi connectivity index (χ3n) is 3.37. The van der Waals surface area contributed by atoms with Gasteiger partial charge in [-0.1, -0.05) is 12.5 Å². The van der Waals surface area contributed by atoms with Crippen molar-refractivity contribution in [3.05, 3.63) is 30.1 Å². The van der Waals surface area contributed by atoms with Crippen LogP contribution < -0.4 is 5.32 Å². The number of alkyl halides is 3. The predicted octanol–water partition coefficient (Wildman–Crippen LogP) is 2.93. The number of carbonyl (C=O) groups excluding carboxylic acids is 1. The molecule has 1 N–H and O–H groups in total. The molecule has 1 saturated carbocycles. The number of hydrogen-bond acceptors (Lipinski definition) is 2. The van der Waals surface area contributed by atoms with Gasteiger partial charge in [-0.25, -0.2) is 0 Å². The monoisotopic (exact) mass is 272 g/mol. The second-order valence-corrected chi connectivity index (χ2v) is 4.79. The molecule has 0 bridgehead atoms. The van der Waals surface area contributed by atoms with Gasteiger partial charge in [0.15, 0.2) is 0 Å². The van der Waals surface area contributed by atoms with Crippen LogP contribution >= 0.6 is 0 Å². The van der Waals surface area contributed by atoms with E-state index in [1.54, 1.807) is 18.2 Å². The molecule has 2 rings (SSSR count). The van der Waals surface area contributed by atoms with Gasteiger partial charge in [0.2, 0.25) is 0 Å². The Morgan fingerprint density at radius 3 is 2.74 bits per heavy atom. The van der Waals surface area contributed by atoms with E-state index >= 15 is 0 Å². The third kappa shape index (κ3) is 3.68. The van der Waals surface area contributed by atoms with Crippen molar-refractivity contribution in [1.82, 2.24) is 10.3 Å². The summed E-state index contributed by atoms with van der Waals surface area (Å²) in [5.41, 5.74) is 0.233. The summed E-state index contributed by atoms with van der Waals surface area (Å²) in [5, 5.41) is 2.64. The minimum Gasteiger partial charge on any atom is -0.348 e. The van der Waals surface area contributed by atoms with Crippen LogP contribution in [-0.4, -0.2) is 23.1 Å². The Morgan fingerprint density at radius 2 is 2.11 bits per heavy atom. The lowest BCUT2D eigenvalue weighted by Crippen LogP contribution is -2.41. The van der Waals surface area contributed by atoms with Gasteiger partial charge >= 0.3 is 6.18 Å². The number of halogens is 3. The summed E-state index contributed by atoms with van der Waals surface area (Å²) in [6, 6.07) is 4.47. The molecule has 1 aliphatic carbocycles. The van der Waals surface area contributed by atoms with E-state index in [9.17, 15) is 18.0 Å². The van der Waals surface area contributed by atoms with Gasteiger partial charge in [0.25, 0.3) is 5.91 Å². The first-order valence-electron chi connectivity index (χ1n) is 6.25. The summed E-state index contributed by atoms with van der Waals surface area (Å²) in [6.07, 6.45) is -1.51. The van der Waals surface area contributed by atoms with Gasteiger partial charge in [-0.2, -0.15) is 13.2 Å². The van der Waals surface area contributed by atoms with E-state index in [1.807, 2.05) is 0 Å². The lowest BCUT2D eigenvalue weighted by atomic mass is 9.85. The molecule has 0 spiro atoms. The third-order valence-corrected chi connectivity index (χ3v) is 3.37. The number of nitrogens with one attached hydrogen (secondary N) is 1. The molecular weight excluding hydrogens is 257 g/mol. The van der Waals surface area contributed by atoms with Crippen LogP contribution in [0.4, 0.5) is 13.2 Å². The quantitative estimate of drug-likeness (QED) is 0.899. The SMILES string of the molecule is O=C(N[C@H]1CCC[C@@H](C(F)(F)F)C1)c1ccccn1. The standard InChI is InChI=1S/C13H15F3N2O/c14-13(15,16)9-4-3-5-10(8-9)18-12(19)11-6-1-2-7-17-11/h1-2,6-7,9-10H,3-5,8H2,(H,18,19)/t9-,10+/m1/s1. The van der Waals surface area contributed by atoms with E-state index < -0.39 is 24.0 Å². The molecule has 0 radical (unpaired) electrons. The van der Waals surface area contributed by atoms with Crippen molar-refractivity contribution in [1.29, 1.82) is 0 Å². The van der Waals surface area contributed by atoms with Gasteiger partial charge in [-0.15, -0.1) is 0 Å². The van der Waals surface area contributed by atoms with Crippen molar-refractivity contribution in [2.45, 2.75) is 37.9 Å². The highest BCUT2D eigenvalue weighted by atomic mass is 19.4. The fraction of sp³-hybridized carbons (Fsp3) is 0.538. The molecule has 1 aliphatic rings. The van der Waals surface area contributed by atoms with Crippen molar-refractivity contribution in [3.8, 4) is 0 Å². The molecule has 1 fully saturated rings. The molecule has 1 aromatic rings. The average Bonchev–Trinajstić information content (AvgIpc) is 2.39. The van der Waals surface area contributed by atoms with E-state index in [2.05, 4.69) is 10.3 Å². The van der Waals surface area contributed by atoms with E-state index in [0.717, 1.165) is 0 Å². The summed E-state index contributed by atoms with van der Waals surface area (Å²) in [5.74, 6) is -1.72. The van der Waals surface area contributed by atoms with E-state index in [0.29, 0.717) is 12.8 Å². The molecule has 0 unspecified atom stereocenters. The van der Waals surface area contributed by atoms with Crippen LogP contribution in [0, 0.1) is 5.92 Å². The van der Waals surface area contributed by atoms with Gasteiger partial charge in [0.05, 0.1) is 5.92 Å². The molecule has 1 aromatic heterocycles. The average molecular weight is 272 g/mol. The molecular formula is C13H15F3N2O. The second kappa shape index (κ2) is 5.59. The van der Waals surface area contributed by atoms with Crippen molar-refractivity contribution in [2.24, 2.45) is 5.92 Å². The van der Waals surface area contributed by atoms with Crippen molar-refractivity contribution in [2.75, 3.05) is 0 Å². The molecule has 2 atom stereocenters. The number of aromatic nitrogens is 1. The fourth-order valence-corrected chi connectivity index (χ4v) is 2.37. The number of rotatable bonds is 2. The van der Waals surface area contributed by atoms with Crippen LogP contribution in [0.25, 0.3) is 0 Å². The molecule has 3 nitrogen and oxygen atoms in total. The van der Waals surface area contributed by atoms with Crippen LogP contribution in [0.1, 0.15) is 36.2 Å². The Labute approximate surface area is 109 Å². The topological polar surface area (TPSA) is 42.0 Å². The minimum absolute atomic E-state index is 0.0396. The van der Waals surface area contributed by atoms with Crippen LogP contribution in [0.2, 0.25) is 0 Å². The lowest BCUT2D eigenvalue weighted by Gasteiger charge is -2.30. The first-order valence-corrected chi connectivity index (χ1v) is 6.25. The maximum absolute atomic E-state index is 12.6. The summed E-state index contributed by atoms with van der Waals surface area (Å²) >= 11 is 0.